The lowest BCUT2D eigenvalue weighted by atomic mass is 10.0. The van der Waals surface area contributed by atoms with Crippen LogP contribution in [0.4, 0.5) is 16.0 Å². The van der Waals surface area contributed by atoms with Crippen molar-refractivity contribution in [1.82, 2.24) is 4.98 Å². The zero-order valence-electron chi connectivity index (χ0n) is 18.6. The number of hydrogen-bond donors (Lipinski definition) is 0. The minimum atomic E-state index is -0.553. The van der Waals surface area contributed by atoms with Crippen molar-refractivity contribution in [2.75, 3.05) is 9.80 Å². The largest absolute Gasteiger partial charge is 0.268 e. The summed E-state index contributed by atoms with van der Waals surface area (Å²) in [5, 5.41) is 0. The Balaban J connectivity index is 1.47. The Bertz CT molecular complexity index is 1540. The Kier molecular flexibility index (Phi) is 4.82. The number of amides is 4. The standard InChI is InChI=1S/C28H16FN3O4/c29-18-12-9-16(10-13-18)15-17-11-14-23(31-25(33)19-5-1-2-6-20(19)26(31)34)30-24(17)32-27(35)21-7-3-4-8-22(21)28(32)36/h1-14H,15H2. The van der Waals surface area contributed by atoms with Crippen LogP contribution in [0, 0.1) is 5.82 Å². The van der Waals surface area contributed by atoms with Crippen LogP contribution >= 0.6 is 0 Å². The summed E-state index contributed by atoms with van der Waals surface area (Å²) in [6.07, 6.45) is 0.235. The van der Waals surface area contributed by atoms with Gasteiger partial charge in [-0.2, -0.15) is 0 Å². The highest BCUT2D eigenvalue weighted by molar-refractivity contribution is 6.35. The lowest BCUT2D eigenvalue weighted by Crippen LogP contribution is -2.34. The molecule has 0 radical (unpaired) electrons. The fourth-order valence-corrected chi connectivity index (χ4v) is 4.52. The van der Waals surface area contributed by atoms with Gasteiger partial charge in [-0.05, 0) is 48.0 Å². The summed E-state index contributed by atoms with van der Waals surface area (Å²) in [7, 11) is 0. The molecule has 0 saturated carbocycles. The van der Waals surface area contributed by atoms with E-state index in [-0.39, 0.29) is 40.3 Å². The minimum absolute atomic E-state index is 0.00406. The Morgan fingerprint density at radius 2 is 1.06 bits per heavy atom. The predicted molar refractivity (Wildman–Crippen MR) is 129 cm³/mol. The molecular weight excluding hydrogens is 461 g/mol. The first-order valence-corrected chi connectivity index (χ1v) is 11.1. The molecule has 0 N–H and O–H groups in total. The second kappa shape index (κ2) is 8.06. The van der Waals surface area contributed by atoms with Crippen molar-refractivity contribution in [1.29, 1.82) is 0 Å². The lowest BCUT2D eigenvalue weighted by Gasteiger charge is -2.21. The molecule has 0 atom stereocenters. The molecule has 3 aromatic carbocycles. The van der Waals surface area contributed by atoms with E-state index in [9.17, 15) is 23.6 Å². The van der Waals surface area contributed by atoms with Crippen molar-refractivity contribution in [3.05, 3.63) is 124 Å². The van der Waals surface area contributed by atoms with Gasteiger partial charge in [0, 0.05) is 12.0 Å². The quantitative estimate of drug-likeness (QED) is 0.406. The first-order valence-electron chi connectivity index (χ1n) is 11.1. The lowest BCUT2D eigenvalue weighted by molar-refractivity contribution is 0.0912. The summed E-state index contributed by atoms with van der Waals surface area (Å²) in [6.45, 7) is 0. The van der Waals surface area contributed by atoms with Crippen molar-refractivity contribution in [3.8, 4) is 0 Å². The van der Waals surface area contributed by atoms with Crippen LogP contribution < -0.4 is 9.80 Å². The van der Waals surface area contributed by atoms with Gasteiger partial charge in [0.1, 0.15) is 17.5 Å². The van der Waals surface area contributed by atoms with Gasteiger partial charge in [0.2, 0.25) is 0 Å². The van der Waals surface area contributed by atoms with E-state index in [1.165, 1.54) is 18.2 Å². The SMILES string of the molecule is O=C1c2ccccc2C(=O)N1c1ccc(Cc2ccc(F)cc2)c(N2C(=O)c3ccccc3C2=O)n1. The van der Waals surface area contributed by atoms with E-state index in [2.05, 4.69) is 4.98 Å². The van der Waals surface area contributed by atoms with Gasteiger partial charge in [0.05, 0.1) is 22.3 Å². The van der Waals surface area contributed by atoms with E-state index in [0.29, 0.717) is 5.56 Å². The number of carbonyl (C=O) groups is 4. The molecule has 1 aromatic heterocycles. The molecule has 4 amide bonds. The minimum Gasteiger partial charge on any atom is -0.268 e. The molecule has 174 valence electrons. The normalized spacial score (nSPS) is 14.5. The van der Waals surface area contributed by atoms with Crippen LogP contribution in [0.3, 0.4) is 0 Å². The monoisotopic (exact) mass is 477 g/mol. The van der Waals surface area contributed by atoms with Gasteiger partial charge in [-0.3, -0.25) is 19.2 Å². The number of pyridine rings is 1. The van der Waals surface area contributed by atoms with Gasteiger partial charge >= 0.3 is 0 Å². The maximum Gasteiger partial charge on any atom is 0.267 e. The van der Waals surface area contributed by atoms with Crippen LogP contribution in [0.25, 0.3) is 0 Å². The average Bonchev–Trinajstić information content (AvgIpc) is 3.30. The number of rotatable bonds is 4. The van der Waals surface area contributed by atoms with E-state index in [1.54, 1.807) is 66.7 Å². The van der Waals surface area contributed by atoms with Gasteiger partial charge in [-0.1, -0.05) is 42.5 Å². The molecule has 0 fully saturated rings. The number of benzene rings is 3. The number of nitrogens with zero attached hydrogens (tertiary/aromatic N) is 3. The summed E-state index contributed by atoms with van der Waals surface area (Å²) >= 11 is 0. The molecule has 7 nitrogen and oxygen atoms in total. The van der Waals surface area contributed by atoms with Crippen LogP contribution in [0.2, 0.25) is 0 Å². The first-order chi connectivity index (χ1) is 17.4. The molecule has 0 unspecified atom stereocenters. The zero-order valence-corrected chi connectivity index (χ0v) is 18.6. The molecule has 2 aliphatic rings. The van der Waals surface area contributed by atoms with Crippen LogP contribution in [0.15, 0.2) is 84.9 Å². The van der Waals surface area contributed by atoms with Crippen LogP contribution in [0.5, 0.6) is 0 Å². The number of halogens is 1. The van der Waals surface area contributed by atoms with Gasteiger partial charge in [0.15, 0.2) is 0 Å². The number of aromatic nitrogens is 1. The maximum atomic E-state index is 13.4. The smallest absolute Gasteiger partial charge is 0.267 e. The van der Waals surface area contributed by atoms with Crippen molar-refractivity contribution < 1.29 is 23.6 Å². The predicted octanol–water partition coefficient (Wildman–Crippen LogP) is 4.41. The molecule has 0 spiro atoms. The van der Waals surface area contributed by atoms with Gasteiger partial charge in [-0.15, -0.1) is 0 Å². The molecule has 0 bridgehead atoms. The fraction of sp³-hybridized carbons (Fsp3) is 0.0357. The van der Waals surface area contributed by atoms with Crippen LogP contribution in [-0.4, -0.2) is 28.6 Å². The Hall–Kier alpha value is -4.98. The highest BCUT2D eigenvalue weighted by Gasteiger charge is 2.41. The Labute approximate surface area is 204 Å². The number of anilines is 2. The molecule has 2 aliphatic heterocycles. The summed E-state index contributed by atoms with van der Waals surface area (Å²) in [4.78, 5) is 59.0. The van der Waals surface area contributed by atoms with E-state index >= 15 is 0 Å². The van der Waals surface area contributed by atoms with E-state index in [1.807, 2.05) is 0 Å². The molecule has 0 saturated heterocycles. The third-order valence-electron chi connectivity index (χ3n) is 6.28. The van der Waals surface area contributed by atoms with Crippen molar-refractivity contribution in [3.63, 3.8) is 0 Å². The topological polar surface area (TPSA) is 87.7 Å². The number of carbonyl (C=O) groups excluding carboxylic acids is 4. The number of imide groups is 2. The summed E-state index contributed by atoms with van der Waals surface area (Å²) in [5.41, 5.74) is 2.20. The van der Waals surface area contributed by atoms with Crippen molar-refractivity contribution in [2.45, 2.75) is 6.42 Å². The van der Waals surface area contributed by atoms with E-state index in [4.69, 9.17) is 0 Å². The highest BCUT2D eigenvalue weighted by Crippen LogP contribution is 2.34. The summed E-state index contributed by atoms with van der Waals surface area (Å²) in [6, 6.07) is 21.8. The Morgan fingerprint density at radius 3 is 1.56 bits per heavy atom. The second-order valence-corrected chi connectivity index (χ2v) is 8.44. The van der Waals surface area contributed by atoms with Gasteiger partial charge in [0.25, 0.3) is 23.6 Å². The van der Waals surface area contributed by atoms with Crippen LogP contribution in [0.1, 0.15) is 52.6 Å². The van der Waals surface area contributed by atoms with Crippen LogP contribution in [-0.2, 0) is 6.42 Å². The summed E-state index contributed by atoms with van der Waals surface area (Å²) < 4.78 is 13.4. The highest BCUT2D eigenvalue weighted by atomic mass is 19.1. The molecule has 3 heterocycles. The van der Waals surface area contributed by atoms with Gasteiger partial charge < -0.3 is 0 Å². The van der Waals surface area contributed by atoms with Crippen molar-refractivity contribution in [2.24, 2.45) is 0 Å². The average molecular weight is 477 g/mol. The van der Waals surface area contributed by atoms with Gasteiger partial charge in [-0.25, -0.2) is 19.2 Å². The number of hydrogen-bond acceptors (Lipinski definition) is 5. The fourth-order valence-electron chi connectivity index (χ4n) is 4.52. The molecule has 36 heavy (non-hydrogen) atoms. The molecular formula is C28H16FN3O4. The molecule has 6 rings (SSSR count). The van der Waals surface area contributed by atoms with E-state index in [0.717, 1.165) is 15.4 Å². The molecule has 8 heteroatoms. The van der Waals surface area contributed by atoms with Crippen molar-refractivity contribution >= 4 is 35.3 Å². The number of fused-ring (bicyclic) bond motifs is 2. The third-order valence-corrected chi connectivity index (χ3v) is 6.28. The second-order valence-electron chi connectivity index (χ2n) is 8.44. The summed E-state index contributed by atoms with van der Waals surface area (Å²) in [5.74, 6) is -2.56. The maximum absolute atomic E-state index is 13.4. The molecule has 0 aliphatic carbocycles. The zero-order chi connectivity index (χ0) is 25.0. The first kappa shape index (κ1) is 21.5. The van der Waals surface area contributed by atoms with E-state index < -0.39 is 29.4 Å². The Morgan fingerprint density at radius 1 is 0.583 bits per heavy atom. The third kappa shape index (κ3) is 3.23. The molecule has 4 aromatic rings.